The van der Waals surface area contributed by atoms with Gasteiger partial charge in [0.25, 0.3) is 10.0 Å². The summed E-state index contributed by atoms with van der Waals surface area (Å²) in [7, 11) is -2.65. The molecule has 1 aromatic heterocycles. The predicted molar refractivity (Wildman–Crippen MR) is 85.5 cm³/mol. The number of methoxy groups -OCH3 is 1. The van der Waals surface area contributed by atoms with Crippen LogP contribution in [0.5, 0.6) is 0 Å². The first-order valence-electron chi connectivity index (χ1n) is 5.86. The summed E-state index contributed by atoms with van der Waals surface area (Å²) in [6.07, 6.45) is 1.29. The van der Waals surface area contributed by atoms with Gasteiger partial charge in [0.15, 0.2) is 0 Å². The van der Waals surface area contributed by atoms with E-state index in [9.17, 15) is 13.2 Å². The van der Waals surface area contributed by atoms with Crippen LogP contribution in [0.15, 0.2) is 45.9 Å². The van der Waals surface area contributed by atoms with Crippen molar-refractivity contribution in [2.45, 2.75) is 4.90 Å². The van der Waals surface area contributed by atoms with Gasteiger partial charge in [0.05, 0.1) is 29.5 Å². The largest absolute Gasteiger partial charge is 0.465 e. The second-order valence-electron chi connectivity index (χ2n) is 4.11. The van der Waals surface area contributed by atoms with Gasteiger partial charge in [-0.05, 0) is 46.3 Å². The number of carbonyl (C=O) groups excluding carboxylic acids is 1. The minimum Gasteiger partial charge on any atom is -0.465 e. The van der Waals surface area contributed by atoms with Crippen molar-refractivity contribution >= 4 is 49.2 Å². The number of rotatable bonds is 4. The van der Waals surface area contributed by atoms with Gasteiger partial charge in [0, 0.05) is 4.47 Å². The molecule has 1 aromatic carbocycles. The third-order valence-electron chi connectivity index (χ3n) is 2.63. The van der Waals surface area contributed by atoms with Gasteiger partial charge in [-0.3, -0.25) is 4.72 Å². The molecule has 6 nitrogen and oxygen atoms in total. The number of nitrogens with zero attached hydrogens (tertiary/aromatic N) is 1. The number of nitrogens with one attached hydrogen (secondary N) is 1. The zero-order valence-electron chi connectivity index (χ0n) is 11.2. The number of esters is 1. The molecule has 2 aromatic rings. The van der Waals surface area contributed by atoms with Gasteiger partial charge < -0.3 is 4.74 Å². The van der Waals surface area contributed by atoms with Gasteiger partial charge in [-0.2, -0.15) is 0 Å². The standard InChI is InChI=1S/C13H10BrClN2O4S/c1-21-13(18)10-6-9(3-4-11(10)14)22(19,20)17-8-2-5-12(15)16-7-8/h2-7,17H,1H3. The lowest BCUT2D eigenvalue weighted by atomic mass is 10.2. The summed E-state index contributed by atoms with van der Waals surface area (Å²) in [5, 5.41) is 0.250. The maximum absolute atomic E-state index is 12.3. The van der Waals surface area contributed by atoms with Crippen LogP contribution in [0.3, 0.4) is 0 Å². The minimum absolute atomic E-state index is 0.0777. The lowest BCUT2D eigenvalue weighted by Crippen LogP contribution is -2.14. The summed E-state index contributed by atoms with van der Waals surface area (Å²) in [6.45, 7) is 0. The molecule has 2 rings (SSSR count). The molecule has 0 atom stereocenters. The summed E-state index contributed by atoms with van der Waals surface area (Å²) in [5.41, 5.74) is 0.367. The first-order chi connectivity index (χ1) is 10.3. The van der Waals surface area contributed by atoms with Gasteiger partial charge in [-0.1, -0.05) is 11.6 Å². The van der Waals surface area contributed by atoms with E-state index < -0.39 is 16.0 Å². The molecular formula is C13H10BrClN2O4S. The van der Waals surface area contributed by atoms with Crippen LogP contribution < -0.4 is 4.72 Å². The number of hydrogen-bond donors (Lipinski definition) is 1. The second-order valence-corrected chi connectivity index (χ2v) is 7.03. The molecule has 1 heterocycles. The molecule has 0 aliphatic carbocycles. The van der Waals surface area contributed by atoms with Gasteiger partial charge in [0.2, 0.25) is 0 Å². The fourth-order valence-electron chi connectivity index (χ4n) is 1.59. The van der Waals surface area contributed by atoms with Crippen molar-refractivity contribution in [3.05, 3.63) is 51.7 Å². The first-order valence-corrected chi connectivity index (χ1v) is 8.51. The first kappa shape index (κ1) is 16.7. The highest BCUT2D eigenvalue weighted by Gasteiger charge is 2.19. The molecule has 22 heavy (non-hydrogen) atoms. The molecule has 0 aliphatic rings. The van der Waals surface area contributed by atoms with Crippen LogP contribution in [0.2, 0.25) is 5.15 Å². The van der Waals surface area contributed by atoms with E-state index in [1.54, 1.807) is 0 Å². The van der Waals surface area contributed by atoms with Gasteiger partial charge in [0.1, 0.15) is 5.15 Å². The molecule has 0 aliphatic heterocycles. The average Bonchev–Trinajstić information content (AvgIpc) is 2.49. The molecule has 0 fully saturated rings. The third kappa shape index (κ3) is 3.76. The van der Waals surface area contributed by atoms with Crippen molar-refractivity contribution in [1.82, 2.24) is 4.98 Å². The van der Waals surface area contributed by atoms with E-state index in [4.69, 9.17) is 11.6 Å². The zero-order chi connectivity index (χ0) is 16.3. The van der Waals surface area contributed by atoms with Crippen LogP contribution in [-0.4, -0.2) is 26.5 Å². The van der Waals surface area contributed by atoms with Gasteiger partial charge in [-0.15, -0.1) is 0 Å². The van der Waals surface area contributed by atoms with Crippen LogP contribution in [0.1, 0.15) is 10.4 Å². The van der Waals surface area contributed by atoms with Crippen LogP contribution in [0, 0.1) is 0 Å². The maximum atomic E-state index is 12.3. The van der Waals surface area contributed by atoms with Crippen molar-refractivity contribution in [1.29, 1.82) is 0 Å². The smallest absolute Gasteiger partial charge is 0.339 e. The Balaban J connectivity index is 2.37. The van der Waals surface area contributed by atoms with Crippen LogP contribution in [0.25, 0.3) is 0 Å². The number of ether oxygens (including phenoxy) is 1. The Labute approximate surface area is 140 Å². The van der Waals surface area contributed by atoms with E-state index in [0.29, 0.717) is 4.47 Å². The van der Waals surface area contributed by atoms with E-state index in [1.165, 1.54) is 43.6 Å². The van der Waals surface area contributed by atoms with Crippen molar-refractivity contribution in [2.24, 2.45) is 0 Å². The molecule has 116 valence electrons. The van der Waals surface area contributed by atoms with Crippen molar-refractivity contribution in [3.63, 3.8) is 0 Å². The number of pyridine rings is 1. The number of carbonyl (C=O) groups is 1. The van der Waals surface area contributed by atoms with Gasteiger partial charge in [-0.25, -0.2) is 18.2 Å². The Kier molecular flexibility index (Phi) is 5.05. The summed E-state index contributed by atoms with van der Waals surface area (Å²) in [6, 6.07) is 6.98. The predicted octanol–water partition coefficient (Wildman–Crippen LogP) is 3.08. The lowest BCUT2D eigenvalue weighted by Gasteiger charge is -2.10. The number of anilines is 1. The highest BCUT2D eigenvalue weighted by molar-refractivity contribution is 9.10. The summed E-state index contributed by atoms with van der Waals surface area (Å²) in [5.74, 6) is -0.642. The fourth-order valence-corrected chi connectivity index (χ4v) is 3.18. The summed E-state index contributed by atoms with van der Waals surface area (Å²) in [4.78, 5) is 15.3. The zero-order valence-corrected chi connectivity index (χ0v) is 14.4. The highest BCUT2D eigenvalue weighted by Crippen LogP contribution is 2.23. The molecule has 1 N–H and O–H groups in total. The molecule has 0 radical (unpaired) electrons. The summed E-state index contributed by atoms with van der Waals surface area (Å²) >= 11 is 8.82. The van der Waals surface area contributed by atoms with Crippen LogP contribution in [-0.2, 0) is 14.8 Å². The van der Waals surface area contributed by atoms with E-state index in [2.05, 4.69) is 30.4 Å². The maximum Gasteiger partial charge on any atom is 0.339 e. The normalized spacial score (nSPS) is 11.0. The Hall–Kier alpha value is -1.64. The topological polar surface area (TPSA) is 85.4 Å². The van der Waals surface area contributed by atoms with Gasteiger partial charge >= 0.3 is 5.97 Å². The molecular weight excluding hydrogens is 396 g/mol. The van der Waals surface area contributed by atoms with E-state index in [1.807, 2.05) is 0 Å². The van der Waals surface area contributed by atoms with E-state index in [-0.39, 0.29) is 21.3 Å². The minimum atomic E-state index is -3.87. The van der Waals surface area contributed by atoms with Crippen molar-refractivity contribution in [2.75, 3.05) is 11.8 Å². The molecule has 0 saturated carbocycles. The summed E-state index contributed by atoms with van der Waals surface area (Å²) < 4.78 is 32.0. The number of sulfonamides is 1. The molecule has 0 amide bonds. The highest BCUT2D eigenvalue weighted by atomic mass is 79.9. The Bertz CT molecular complexity index is 809. The molecule has 9 heteroatoms. The quantitative estimate of drug-likeness (QED) is 0.624. The Morgan fingerprint density at radius 1 is 1.32 bits per heavy atom. The Morgan fingerprint density at radius 3 is 2.64 bits per heavy atom. The monoisotopic (exact) mass is 404 g/mol. The SMILES string of the molecule is COC(=O)c1cc(S(=O)(=O)Nc2ccc(Cl)nc2)ccc1Br. The molecule has 0 spiro atoms. The van der Waals surface area contributed by atoms with Crippen molar-refractivity contribution in [3.8, 4) is 0 Å². The number of hydrogen-bond acceptors (Lipinski definition) is 5. The molecule has 0 unspecified atom stereocenters. The van der Waals surface area contributed by atoms with Crippen LogP contribution >= 0.6 is 27.5 Å². The molecule has 0 saturated heterocycles. The second kappa shape index (κ2) is 6.64. The number of benzene rings is 1. The van der Waals surface area contributed by atoms with E-state index >= 15 is 0 Å². The van der Waals surface area contributed by atoms with Crippen LogP contribution in [0.4, 0.5) is 5.69 Å². The Morgan fingerprint density at radius 2 is 2.05 bits per heavy atom. The van der Waals surface area contributed by atoms with Crippen molar-refractivity contribution < 1.29 is 17.9 Å². The third-order valence-corrected chi connectivity index (χ3v) is 4.93. The lowest BCUT2D eigenvalue weighted by molar-refractivity contribution is 0.0599. The number of aromatic nitrogens is 1. The average molecular weight is 406 g/mol. The fraction of sp³-hybridized carbons (Fsp3) is 0.0769. The van der Waals surface area contributed by atoms with E-state index in [0.717, 1.165) is 0 Å². The number of halogens is 2. The molecule has 0 bridgehead atoms.